The lowest BCUT2D eigenvalue weighted by Gasteiger charge is -2.08. The van der Waals surface area contributed by atoms with Gasteiger partial charge in [-0.15, -0.1) is 0 Å². The molecule has 0 saturated heterocycles. The van der Waals surface area contributed by atoms with E-state index < -0.39 is 0 Å². The van der Waals surface area contributed by atoms with Gasteiger partial charge in [-0.1, -0.05) is 31.2 Å². The molecule has 0 aliphatic rings. The molecule has 0 aliphatic carbocycles. The number of carbonyl (C=O) groups excluding carboxylic acids is 1. The first-order chi connectivity index (χ1) is 14.0. The van der Waals surface area contributed by atoms with Gasteiger partial charge in [-0.05, 0) is 38.3 Å². The van der Waals surface area contributed by atoms with Crippen molar-refractivity contribution < 1.29 is 9.53 Å². The highest BCUT2D eigenvalue weighted by molar-refractivity contribution is 5.75. The third kappa shape index (κ3) is 4.89. The van der Waals surface area contributed by atoms with Gasteiger partial charge in [-0.3, -0.25) is 9.59 Å². The van der Waals surface area contributed by atoms with Crippen LogP contribution in [-0.2, 0) is 22.5 Å². The first-order valence-corrected chi connectivity index (χ1v) is 9.94. The van der Waals surface area contributed by atoms with Crippen molar-refractivity contribution in [3.05, 3.63) is 52.1 Å². The molecule has 2 heterocycles. The summed E-state index contributed by atoms with van der Waals surface area (Å²) in [5.74, 6) is 0.287. The summed E-state index contributed by atoms with van der Waals surface area (Å²) in [6, 6.07) is 9.85. The molecule has 0 unspecified atom stereocenters. The summed E-state index contributed by atoms with van der Waals surface area (Å²) in [6.07, 6.45) is 1.69. The van der Waals surface area contributed by atoms with Crippen LogP contribution >= 0.6 is 0 Å². The van der Waals surface area contributed by atoms with Gasteiger partial charge in [-0.25, -0.2) is 9.20 Å². The second-order valence-electron chi connectivity index (χ2n) is 6.79. The third-order valence-electron chi connectivity index (χ3n) is 4.68. The van der Waals surface area contributed by atoms with E-state index in [-0.39, 0.29) is 18.0 Å². The first kappa shape index (κ1) is 20.7. The van der Waals surface area contributed by atoms with Crippen molar-refractivity contribution in [2.75, 3.05) is 19.8 Å². The molecule has 1 N–H and O–H groups in total. The summed E-state index contributed by atoms with van der Waals surface area (Å²) in [7, 11) is 0. The molecule has 2 aromatic heterocycles. The van der Waals surface area contributed by atoms with Crippen LogP contribution in [0.25, 0.3) is 16.8 Å². The van der Waals surface area contributed by atoms with E-state index in [1.807, 2.05) is 19.1 Å². The predicted octanol–water partition coefficient (Wildman–Crippen LogP) is 1.97. The van der Waals surface area contributed by atoms with Crippen LogP contribution < -0.4 is 10.9 Å². The Kier molecular flexibility index (Phi) is 6.77. The molecular formula is C21H27N5O3. The van der Waals surface area contributed by atoms with Crippen molar-refractivity contribution in [3.63, 3.8) is 0 Å². The van der Waals surface area contributed by atoms with Crippen LogP contribution in [-0.4, -0.2) is 45.1 Å². The molecule has 1 amide bonds. The van der Waals surface area contributed by atoms with Crippen molar-refractivity contribution in [2.45, 2.75) is 40.2 Å². The van der Waals surface area contributed by atoms with Gasteiger partial charge in [0, 0.05) is 25.3 Å². The van der Waals surface area contributed by atoms with Crippen molar-refractivity contribution in [1.82, 2.24) is 24.7 Å². The van der Waals surface area contributed by atoms with Gasteiger partial charge in [0.05, 0.1) is 5.69 Å². The van der Waals surface area contributed by atoms with Crippen LogP contribution in [0.3, 0.4) is 0 Å². The average Bonchev–Trinajstić information content (AvgIpc) is 3.18. The minimum absolute atomic E-state index is 0.128. The lowest BCUT2D eigenvalue weighted by atomic mass is 10.1. The summed E-state index contributed by atoms with van der Waals surface area (Å²) < 4.78 is 7.96. The molecule has 0 radical (unpaired) electrons. The van der Waals surface area contributed by atoms with Crippen LogP contribution in [0, 0.1) is 6.92 Å². The maximum Gasteiger partial charge on any atom is 0.293 e. The van der Waals surface area contributed by atoms with Crippen LogP contribution in [0.1, 0.15) is 31.7 Å². The Morgan fingerprint density at radius 3 is 2.62 bits per heavy atom. The Labute approximate surface area is 169 Å². The number of aryl methyl sites for hydroxylation is 2. The molecule has 0 atom stereocenters. The number of amides is 1. The molecule has 8 nitrogen and oxygen atoms in total. The van der Waals surface area contributed by atoms with E-state index in [0.717, 1.165) is 18.4 Å². The molecule has 0 fully saturated rings. The molecule has 1 aromatic carbocycles. The quantitative estimate of drug-likeness (QED) is 0.558. The molecule has 29 heavy (non-hydrogen) atoms. The Morgan fingerprint density at radius 1 is 1.17 bits per heavy atom. The molecule has 3 aromatic rings. The highest BCUT2D eigenvalue weighted by Crippen LogP contribution is 2.19. The standard InChI is InChI=1S/C21H27N5O3/c1-4-16-7-9-17(10-8-16)18-13-19-21(28)25(23-15(3)26(19)24-18)14-20(27)22-11-6-12-29-5-2/h7-10,13H,4-6,11-12,14H2,1-3H3,(H,22,27). The Balaban J connectivity index is 1.79. The zero-order chi connectivity index (χ0) is 20.8. The number of fused-ring (bicyclic) bond motifs is 1. The Bertz CT molecular complexity index is 1040. The molecule has 0 spiro atoms. The number of nitrogens with zero attached hydrogens (tertiary/aromatic N) is 4. The van der Waals surface area contributed by atoms with Crippen molar-refractivity contribution >= 4 is 11.4 Å². The van der Waals surface area contributed by atoms with E-state index in [0.29, 0.717) is 36.8 Å². The SMILES string of the molecule is CCOCCCNC(=O)Cn1nc(C)n2nc(-c3ccc(CC)cc3)cc2c1=O. The summed E-state index contributed by atoms with van der Waals surface area (Å²) in [5.41, 5.74) is 2.93. The first-order valence-electron chi connectivity index (χ1n) is 9.94. The minimum Gasteiger partial charge on any atom is -0.382 e. The van der Waals surface area contributed by atoms with Gasteiger partial charge >= 0.3 is 0 Å². The second kappa shape index (κ2) is 9.47. The Hall–Kier alpha value is -3.00. The van der Waals surface area contributed by atoms with E-state index >= 15 is 0 Å². The molecule has 154 valence electrons. The van der Waals surface area contributed by atoms with Crippen LogP contribution in [0.2, 0.25) is 0 Å². The fraction of sp³-hybridized carbons (Fsp3) is 0.429. The number of rotatable bonds is 9. The van der Waals surface area contributed by atoms with Gasteiger partial charge in [0.15, 0.2) is 0 Å². The fourth-order valence-corrected chi connectivity index (χ4v) is 3.07. The molecule has 0 bridgehead atoms. The predicted molar refractivity (Wildman–Crippen MR) is 111 cm³/mol. The van der Waals surface area contributed by atoms with E-state index in [2.05, 4.69) is 34.6 Å². The molecule has 3 rings (SSSR count). The molecule has 0 saturated carbocycles. The number of benzene rings is 1. The zero-order valence-electron chi connectivity index (χ0n) is 17.1. The lowest BCUT2D eigenvalue weighted by Crippen LogP contribution is -2.35. The number of carbonyl (C=O) groups is 1. The molecule has 8 heteroatoms. The van der Waals surface area contributed by atoms with Gasteiger partial charge < -0.3 is 10.1 Å². The highest BCUT2D eigenvalue weighted by atomic mass is 16.5. The number of nitrogens with one attached hydrogen (secondary N) is 1. The number of ether oxygens (including phenoxy) is 1. The van der Waals surface area contributed by atoms with Gasteiger partial charge in [0.25, 0.3) is 5.56 Å². The van der Waals surface area contributed by atoms with Crippen LogP contribution in [0.5, 0.6) is 0 Å². The average molecular weight is 397 g/mol. The van der Waals surface area contributed by atoms with Crippen LogP contribution in [0.15, 0.2) is 35.1 Å². The third-order valence-corrected chi connectivity index (χ3v) is 4.68. The topological polar surface area (TPSA) is 90.5 Å². The fourth-order valence-electron chi connectivity index (χ4n) is 3.07. The maximum absolute atomic E-state index is 12.8. The van der Waals surface area contributed by atoms with Gasteiger partial charge in [0.1, 0.15) is 17.9 Å². The van der Waals surface area contributed by atoms with E-state index in [1.54, 1.807) is 13.0 Å². The summed E-state index contributed by atoms with van der Waals surface area (Å²) in [6.45, 7) is 7.42. The number of aromatic nitrogens is 4. The zero-order valence-corrected chi connectivity index (χ0v) is 17.1. The largest absolute Gasteiger partial charge is 0.382 e. The number of hydrogen-bond donors (Lipinski definition) is 1. The van der Waals surface area contributed by atoms with Crippen molar-refractivity contribution in [1.29, 1.82) is 0 Å². The van der Waals surface area contributed by atoms with Gasteiger partial charge in [0.2, 0.25) is 5.91 Å². The maximum atomic E-state index is 12.8. The van der Waals surface area contributed by atoms with Crippen molar-refractivity contribution in [2.24, 2.45) is 0 Å². The number of hydrogen-bond acceptors (Lipinski definition) is 5. The second-order valence-corrected chi connectivity index (χ2v) is 6.79. The summed E-state index contributed by atoms with van der Waals surface area (Å²) >= 11 is 0. The monoisotopic (exact) mass is 397 g/mol. The normalized spacial score (nSPS) is 11.1. The van der Waals surface area contributed by atoms with Crippen molar-refractivity contribution in [3.8, 4) is 11.3 Å². The van der Waals surface area contributed by atoms with Crippen LogP contribution in [0.4, 0.5) is 0 Å². The van der Waals surface area contributed by atoms with E-state index in [4.69, 9.17) is 4.74 Å². The molecular weight excluding hydrogens is 370 g/mol. The van der Waals surface area contributed by atoms with Gasteiger partial charge in [-0.2, -0.15) is 10.2 Å². The van der Waals surface area contributed by atoms with E-state index in [1.165, 1.54) is 14.8 Å². The molecule has 0 aliphatic heterocycles. The lowest BCUT2D eigenvalue weighted by molar-refractivity contribution is -0.121. The minimum atomic E-state index is -0.344. The Morgan fingerprint density at radius 2 is 1.93 bits per heavy atom. The summed E-state index contributed by atoms with van der Waals surface area (Å²) in [5, 5.41) is 11.6. The summed E-state index contributed by atoms with van der Waals surface area (Å²) in [4.78, 5) is 25.0. The highest BCUT2D eigenvalue weighted by Gasteiger charge is 2.14. The smallest absolute Gasteiger partial charge is 0.293 e. The van der Waals surface area contributed by atoms with E-state index in [9.17, 15) is 9.59 Å².